The van der Waals surface area contributed by atoms with Crippen molar-refractivity contribution in [3.8, 4) is 0 Å². The Morgan fingerprint density at radius 2 is 1.85 bits per heavy atom. The van der Waals surface area contributed by atoms with Crippen LogP contribution in [0.2, 0.25) is 0 Å². The van der Waals surface area contributed by atoms with Crippen LogP contribution in [-0.4, -0.2) is 13.9 Å². The summed E-state index contributed by atoms with van der Waals surface area (Å²) in [5, 5.41) is 0. The lowest BCUT2D eigenvalue weighted by Crippen LogP contribution is -2.24. The van der Waals surface area contributed by atoms with Crippen molar-refractivity contribution in [3.63, 3.8) is 0 Å². The fourth-order valence-electron chi connectivity index (χ4n) is 1.26. The van der Waals surface area contributed by atoms with Gasteiger partial charge in [-0.1, -0.05) is 42.5 Å². The van der Waals surface area contributed by atoms with Crippen LogP contribution >= 0.6 is 0 Å². The van der Waals surface area contributed by atoms with E-state index in [-0.39, 0.29) is 12.2 Å². The third-order valence-corrected chi connectivity index (χ3v) is 3.23. The molecule has 20 heavy (non-hydrogen) atoms. The lowest BCUT2D eigenvalue weighted by molar-refractivity contribution is -0.0521. The number of hydrogen-bond donors (Lipinski definition) is 0. The monoisotopic (exact) mass is 306 g/mol. The molecule has 0 atom stereocenters. The van der Waals surface area contributed by atoms with Crippen LogP contribution in [-0.2, 0) is 14.3 Å². The lowest BCUT2D eigenvalue weighted by Gasteiger charge is -2.09. The molecule has 110 valence electrons. The molecule has 0 aliphatic carbocycles. The molecule has 0 spiro atoms. The highest BCUT2D eigenvalue weighted by molar-refractivity contribution is 7.87. The van der Waals surface area contributed by atoms with Crippen LogP contribution in [0.25, 0.3) is 6.08 Å². The van der Waals surface area contributed by atoms with E-state index < -0.39 is 15.6 Å². The Morgan fingerprint density at radius 3 is 2.40 bits per heavy atom. The second-order valence-electron chi connectivity index (χ2n) is 3.85. The fraction of sp³-hybridized carbons (Fsp3) is 0.231. The van der Waals surface area contributed by atoms with Crippen LogP contribution in [0.4, 0.5) is 13.2 Å². The highest BCUT2D eigenvalue weighted by Crippen LogP contribution is 2.26. The van der Waals surface area contributed by atoms with Gasteiger partial charge in [-0.3, -0.25) is 0 Å². The number of benzene rings is 1. The molecule has 0 heterocycles. The molecule has 0 amide bonds. The first kappa shape index (κ1) is 16.3. The van der Waals surface area contributed by atoms with E-state index >= 15 is 0 Å². The molecular formula is C13H13F3O3S. The maximum absolute atomic E-state index is 12.0. The van der Waals surface area contributed by atoms with Gasteiger partial charge in [-0.05, 0) is 25.0 Å². The average Bonchev–Trinajstić information content (AvgIpc) is 2.34. The van der Waals surface area contributed by atoms with Gasteiger partial charge in [-0.2, -0.15) is 21.6 Å². The standard InChI is InChI=1S/C13H13F3O3S/c1-11(19-20(17,18)13(14,15)16)7-5-6-10-12-8-3-2-4-9-12/h2-4,6-10H,5H2,1H3/b10-6+,11-7+. The zero-order chi connectivity index (χ0) is 15.2. The largest absolute Gasteiger partial charge is 0.534 e. The summed E-state index contributed by atoms with van der Waals surface area (Å²) in [6.45, 7) is 1.15. The second-order valence-corrected chi connectivity index (χ2v) is 5.38. The van der Waals surface area contributed by atoms with Crippen molar-refractivity contribution >= 4 is 16.2 Å². The van der Waals surface area contributed by atoms with Gasteiger partial charge in [0, 0.05) is 0 Å². The van der Waals surface area contributed by atoms with Crippen molar-refractivity contribution in [2.75, 3.05) is 0 Å². The smallest absolute Gasteiger partial charge is 0.381 e. The van der Waals surface area contributed by atoms with Crippen molar-refractivity contribution in [2.24, 2.45) is 0 Å². The van der Waals surface area contributed by atoms with Gasteiger partial charge < -0.3 is 4.18 Å². The number of alkyl halides is 3. The Bertz CT molecular complexity index is 587. The van der Waals surface area contributed by atoms with E-state index in [1.165, 1.54) is 6.08 Å². The third-order valence-electron chi connectivity index (χ3n) is 2.18. The number of halogens is 3. The maximum Gasteiger partial charge on any atom is 0.534 e. The van der Waals surface area contributed by atoms with Gasteiger partial charge in [-0.25, -0.2) is 0 Å². The molecule has 0 bridgehead atoms. The topological polar surface area (TPSA) is 43.4 Å². The van der Waals surface area contributed by atoms with Gasteiger partial charge in [0.15, 0.2) is 0 Å². The predicted molar refractivity (Wildman–Crippen MR) is 69.9 cm³/mol. The van der Waals surface area contributed by atoms with Gasteiger partial charge >= 0.3 is 15.6 Å². The predicted octanol–water partition coefficient (Wildman–Crippen LogP) is 3.86. The third kappa shape index (κ3) is 5.08. The SMILES string of the molecule is C/C(=C\C/C=C/c1ccccc1)OS(=O)(=O)C(F)(F)F. The maximum atomic E-state index is 12.0. The summed E-state index contributed by atoms with van der Waals surface area (Å²) >= 11 is 0. The Labute approximate surface area is 115 Å². The molecule has 1 aromatic carbocycles. The fourth-order valence-corrected chi connectivity index (χ4v) is 1.77. The number of rotatable bonds is 5. The number of allylic oxidation sites excluding steroid dienone is 3. The van der Waals surface area contributed by atoms with E-state index in [2.05, 4.69) is 4.18 Å². The Balaban J connectivity index is 2.57. The molecular weight excluding hydrogens is 293 g/mol. The molecule has 0 radical (unpaired) electrons. The summed E-state index contributed by atoms with van der Waals surface area (Å²) in [6.07, 6.45) is 4.96. The Hall–Kier alpha value is -1.76. The first-order valence-electron chi connectivity index (χ1n) is 5.61. The first-order valence-corrected chi connectivity index (χ1v) is 7.02. The minimum Gasteiger partial charge on any atom is -0.381 e. The zero-order valence-corrected chi connectivity index (χ0v) is 11.4. The highest BCUT2D eigenvalue weighted by atomic mass is 32.2. The van der Waals surface area contributed by atoms with E-state index in [9.17, 15) is 21.6 Å². The first-order chi connectivity index (χ1) is 9.22. The van der Waals surface area contributed by atoms with Gasteiger partial charge in [0.25, 0.3) is 0 Å². The van der Waals surface area contributed by atoms with Crippen molar-refractivity contribution in [1.82, 2.24) is 0 Å². The zero-order valence-electron chi connectivity index (χ0n) is 10.6. The Morgan fingerprint density at radius 1 is 1.25 bits per heavy atom. The van der Waals surface area contributed by atoms with Crippen LogP contribution in [0.1, 0.15) is 18.9 Å². The summed E-state index contributed by atoms with van der Waals surface area (Å²) in [5.74, 6) is -0.319. The van der Waals surface area contributed by atoms with Crippen molar-refractivity contribution in [1.29, 1.82) is 0 Å². The van der Waals surface area contributed by atoms with Crippen LogP contribution in [0.15, 0.2) is 48.2 Å². The molecule has 7 heteroatoms. The summed E-state index contributed by atoms with van der Waals surface area (Å²) in [6, 6.07) is 9.27. The van der Waals surface area contributed by atoms with E-state index in [4.69, 9.17) is 0 Å². The molecule has 0 fully saturated rings. The van der Waals surface area contributed by atoms with Crippen molar-refractivity contribution in [3.05, 3.63) is 53.8 Å². The average molecular weight is 306 g/mol. The molecule has 0 saturated carbocycles. The number of hydrogen-bond acceptors (Lipinski definition) is 3. The van der Waals surface area contributed by atoms with Gasteiger partial charge in [0.2, 0.25) is 0 Å². The summed E-state index contributed by atoms with van der Waals surface area (Å²) < 4.78 is 61.5. The van der Waals surface area contributed by atoms with E-state index in [0.717, 1.165) is 12.5 Å². The quantitative estimate of drug-likeness (QED) is 0.471. The van der Waals surface area contributed by atoms with Crippen LogP contribution in [0.3, 0.4) is 0 Å². The van der Waals surface area contributed by atoms with Crippen LogP contribution < -0.4 is 0 Å². The molecule has 0 aliphatic heterocycles. The summed E-state index contributed by atoms with van der Waals surface area (Å²) in [5.41, 5.74) is -4.48. The van der Waals surface area contributed by atoms with Gasteiger partial charge in [-0.15, -0.1) is 0 Å². The molecule has 1 rings (SSSR count). The van der Waals surface area contributed by atoms with Crippen LogP contribution in [0, 0.1) is 0 Å². The van der Waals surface area contributed by atoms with Crippen molar-refractivity contribution < 1.29 is 25.8 Å². The normalized spacial score (nSPS) is 13.7. The highest BCUT2D eigenvalue weighted by Gasteiger charge is 2.48. The molecule has 0 N–H and O–H groups in total. The summed E-state index contributed by atoms with van der Waals surface area (Å²) in [4.78, 5) is 0. The Kier molecular flexibility index (Phi) is 5.38. The molecule has 0 aliphatic rings. The van der Waals surface area contributed by atoms with Crippen LogP contribution in [0.5, 0.6) is 0 Å². The minimum atomic E-state index is -5.58. The van der Waals surface area contributed by atoms with Gasteiger partial charge in [0.05, 0.1) is 0 Å². The van der Waals surface area contributed by atoms with E-state index in [1.807, 2.05) is 30.3 Å². The molecule has 0 unspecified atom stereocenters. The van der Waals surface area contributed by atoms with E-state index in [0.29, 0.717) is 0 Å². The second kappa shape index (κ2) is 6.60. The molecule has 3 nitrogen and oxygen atoms in total. The molecule has 0 saturated heterocycles. The van der Waals surface area contributed by atoms with E-state index in [1.54, 1.807) is 12.2 Å². The molecule has 0 aromatic heterocycles. The van der Waals surface area contributed by atoms with Gasteiger partial charge in [0.1, 0.15) is 5.76 Å². The lowest BCUT2D eigenvalue weighted by atomic mass is 10.2. The van der Waals surface area contributed by atoms with Crippen molar-refractivity contribution in [2.45, 2.75) is 18.9 Å². The summed E-state index contributed by atoms with van der Waals surface area (Å²) in [7, 11) is -5.58. The minimum absolute atomic E-state index is 0.258. The molecule has 1 aromatic rings.